The van der Waals surface area contributed by atoms with E-state index in [1.807, 2.05) is 38.1 Å². The number of hydrogen-bond donors (Lipinski definition) is 1. The van der Waals surface area contributed by atoms with Crippen LogP contribution in [0.5, 0.6) is 0 Å². The number of benzene rings is 2. The maximum atomic E-state index is 12.1. The van der Waals surface area contributed by atoms with Crippen molar-refractivity contribution in [1.82, 2.24) is 5.32 Å². The van der Waals surface area contributed by atoms with Crippen LogP contribution >= 0.6 is 11.6 Å². The molecule has 0 fully saturated rings. The van der Waals surface area contributed by atoms with Gasteiger partial charge in [0, 0.05) is 6.54 Å². The summed E-state index contributed by atoms with van der Waals surface area (Å²) in [5.41, 5.74) is 4.03. The van der Waals surface area contributed by atoms with Crippen LogP contribution in [0.4, 0.5) is 0 Å². The second kappa shape index (κ2) is 5.89. The minimum atomic E-state index is -0.145. The summed E-state index contributed by atoms with van der Waals surface area (Å²) < 4.78 is 0. The van der Waals surface area contributed by atoms with Crippen molar-refractivity contribution in [2.24, 2.45) is 0 Å². The molecule has 1 N–H and O–H groups in total. The summed E-state index contributed by atoms with van der Waals surface area (Å²) in [6.45, 7) is 4.61. The van der Waals surface area contributed by atoms with Crippen molar-refractivity contribution in [3.63, 3.8) is 0 Å². The molecule has 0 aliphatic heterocycles. The number of aryl methyl sites for hydroxylation is 2. The second-order valence-electron chi connectivity index (χ2n) is 4.53. The number of hydrogen-bond acceptors (Lipinski definition) is 1. The molecule has 2 rings (SSSR count). The van der Waals surface area contributed by atoms with Gasteiger partial charge in [0.2, 0.25) is 0 Å². The zero-order valence-electron chi connectivity index (χ0n) is 11.0. The maximum absolute atomic E-state index is 12.1. The lowest BCUT2D eigenvalue weighted by atomic mass is 10.0. The van der Waals surface area contributed by atoms with Crippen LogP contribution in [0.25, 0.3) is 0 Å². The molecule has 2 aromatic rings. The quantitative estimate of drug-likeness (QED) is 0.903. The van der Waals surface area contributed by atoms with E-state index < -0.39 is 0 Å². The molecular weight excluding hydrogens is 258 g/mol. The van der Waals surface area contributed by atoms with Gasteiger partial charge in [0.05, 0.1) is 10.6 Å². The molecule has 0 bridgehead atoms. The van der Waals surface area contributed by atoms with E-state index in [0.717, 1.165) is 5.56 Å². The summed E-state index contributed by atoms with van der Waals surface area (Å²) in [6.07, 6.45) is 0. The van der Waals surface area contributed by atoms with Crippen LogP contribution in [-0.4, -0.2) is 5.91 Å². The van der Waals surface area contributed by atoms with Crippen LogP contribution in [0.2, 0.25) is 5.02 Å². The van der Waals surface area contributed by atoms with Gasteiger partial charge in [-0.15, -0.1) is 0 Å². The van der Waals surface area contributed by atoms with E-state index in [0.29, 0.717) is 17.1 Å². The van der Waals surface area contributed by atoms with E-state index in [1.54, 1.807) is 18.2 Å². The molecule has 3 heteroatoms. The summed E-state index contributed by atoms with van der Waals surface area (Å²) in [4.78, 5) is 12.1. The van der Waals surface area contributed by atoms with Crippen molar-refractivity contribution in [3.8, 4) is 0 Å². The summed E-state index contributed by atoms with van der Waals surface area (Å²) >= 11 is 6.00. The number of amides is 1. The van der Waals surface area contributed by atoms with Crippen molar-refractivity contribution in [1.29, 1.82) is 0 Å². The van der Waals surface area contributed by atoms with Crippen molar-refractivity contribution in [3.05, 3.63) is 69.7 Å². The van der Waals surface area contributed by atoms with Gasteiger partial charge in [0.1, 0.15) is 0 Å². The highest BCUT2D eigenvalue weighted by molar-refractivity contribution is 6.33. The van der Waals surface area contributed by atoms with Gasteiger partial charge in [-0.2, -0.15) is 0 Å². The van der Waals surface area contributed by atoms with Gasteiger partial charge >= 0.3 is 0 Å². The molecular formula is C16H16ClNO. The molecule has 0 saturated carbocycles. The molecule has 0 unspecified atom stereocenters. The highest BCUT2D eigenvalue weighted by Gasteiger charge is 2.10. The zero-order valence-corrected chi connectivity index (χ0v) is 11.8. The van der Waals surface area contributed by atoms with Crippen molar-refractivity contribution in [2.75, 3.05) is 0 Å². The predicted molar refractivity (Wildman–Crippen MR) is 78.5 cm³/mol. The van der Waals surface area contributed by atoms with Gasteiger partial charge < -0.3 is 5.32 Å². The van der Waals surface area contributed by atoms with Crippen LogP contribution in [0, 0.1) is 13.8 Å². The molecule has 0 aromatic heterocycles. The highest BCUT2D eigenvalue weighted by Crippen LogP contribution is 2.16. The SMILES string of the molecule is Cc1cccc(C)c1CNC(=O)c1ccccc1Cl. The van der Waals surface area contributed by atoms with E-state index in [9.17, 15) is 4.79 Å². The Labute approximate surface area is 118 Å². The Hall–Kier alpha value is -1.80. The molecule has 0 aliphatic rings. The molecule has 98 valence electrons. The molecule has 1 amide bonds. The molecule has 0 aliphatic carbocycles. The standard InChI is InChI=1S/C16H16ClNO/c1-11-6-5-7-12(2)14(11)10-18-16(19)13-8-3-4-9-15(13)17/h3-9H,10H2,1-2H3,(H,18,19). The number of halogens is 1. The average Bonchev–Trinajstić information content (AvgIpc) is 2.38. The van der Waals surface area contributed by atoms with Crippen molar-refractivity contribution < 1.29 is 4.79 Å². The zero-order chi connectivity index (χ0) is 13.8. The molecule has 0 saturated heterocycles. The smallest absolute Gasteiger partial charge is 0.253 e. The normalized spacial score (nSPS) is 10.3. The van der Waals surface area contributed by atoms with Crippen LogP contribution in [0.1, 0.15) is 27.0 Å². The molecule has 0 radical (unpaired) electrons. The second-order valence-corrected chi connectivity index (χ2v) is 4.94. The summed E-state index contributed by atoms with van der Waals surface area (Å²) in [6, 6.07) is 13.2. The van der Waals surface area contributed by atoms with Gasteiger partial charge in [0.15, 0.2) is 0 Å². The first-order chi connectivity index (χ1) is 9.09. The molecule has 0 heterocycles. The van der Waals surface area contributed by atoms with Crippen LogP contribution in [-0.2, 0) is 6.54 Å². The fourth-order valence-electron chi connectivity index (χ4n) is 2.04. The fourth-order valence-corrected chi connectivity index (χ4v) is 2.26. The number of carbonyl (C=O) groups is 1. The molecule has 0 atom stereocenters. The minimum absolute atomic E-state index is 0.145. The minimum Gasteiger partial charge on any atom is -0.348 e. The molecule has 2 aromatic carbocycles. The summed E-state index contributed by atoms with van der Waals surface area (Å²) in [7, 11) is 0. The Kier molecular flexibility index (Phi) is 4.23. The first-order valence-electron chi connectivity index (χ1n) is 6.17. The van der Waals surface area contributed by atoms with Gasteiger partial charge in [-0.05, 0) is 42.7 Å². The monoisotopic (exact) mass is 273 g/mol. The Morgan fingerprint density at radius 3 is 2.32 bits per heavy atom. The summed E-state index contributed by atoms with van der Waals surface area (Å²) in [5, 5.41) is 3.39. The number of carbonyl (C=O) groups excluding carboxylic acids is 1. The molecule has 19 heavy (non-hydrogen) atoms. The maximum Gasteiger partial charge on any atom is 0.253 e. The Morgan fingerprint density at radius 1 is 1.05 bits per heavy atom. The highest BCUT2D eigenvalue weighted by atomic mass is 35.5. The van der Waals surface area contributed by atoms with Crippen LogP contribution in [0.15, 0.2) is 42.5 Å². The Balaban J connectivity index is 2.11. The third kappa shape index (κ3) is 3.15. The first kappa shape index (κ1) is 13.6. The van der Waals surface area contributed by atoms with Gasteiger partial charge in [-0.3, -0.25) is 4.79 Å². The first-order valence-corrected chi connectivity index (χ1v) is 6.55. The Bertz CT molecular complexity index is 587. The van der Waals surface area contributed by atoms with Gasteiger partial charge in [0.25, 0.3) is 5.91 Å². The number of rotatable bonds is 3. The van der Waals surface area contributed by atoms with E-state index >= 15 is 0 Å². The lowest BCUT2D eigenvalue weighted by Gasteiger charge is -2.11. The van der Waals surface area contributed by atoms with E-state index in [2.05, 4.69) is 5.32 Å². The average molecular weight is 274 g/mol. The lowest BCUT2D eigenvalue weighted by molar-refractivity contribution is 0.0951. The lowest BCUT2D eigenvalue weighted by Crippen LogP contribution is -2.24. The topological polar surface area (TPSA) is 29.1 Å². The van der Waals surface area contributed by atoms with Gasteiger partial charge in [-0.1, -0.05) is 41.9 Å². The van der Waals surface area contributed by atoms with Crippen molar-refractivity contribution >= 4 is 17.5 Å². The predicted octanol–water partition coefficient (Wildman–Crippen LogP) is 3.89. The Morgan fingerprint density at radius 2 is 1.68 bits per heavy atom. The van der Waals surface area contributed by atoms with Crippen molar-refractivity contribution in [2.45, 2.75) is 20.4 Å². The largest absolute Gasteiger partial charge is 0.348 e. The third-order valence-corrected chi connectivity index (χ3v) is 3.52. The molecule has 2 nitrogen and oxygen atoms in total. The van der Waals surface area contributed by atoms with E-state index in [1.165, 1.54) is 11.1 Å². The third-order valence-electron chi connectivity index (χ3n) is 3.19. The summed E-state index contributed by atoms with van der Waals surface area (Å²) in [5.74, 6) is -0.145. The molecule has 0 spiro atoms. The fraction of sp³-hybridized carbons (Fsp3) is 0.188. The van der Waals surface area contributed by atoms with E-state index in [4.69, 9.17) is 11.6 Å². The van der Waals surface area contributed by atoms with Crippen LogP contribution in [0.3, 0.4) is 0 Å². The van der Waals surface area contributed by atoms with E-state index in [-0.39, 0.29) is 5.91 Å². The van der Waals surface area contributed by atoms with Crippen LogP contribution < -0.4 is 5.32 Å². The number of nitrogens with one attached hydrogen (secondary N) is 1. The van der Waals surface area contributed by atoms with Gasteiger partial charge in [-0.25, -0.2) is 0 Å².